The zero-order chi connectivity index (χ0) is 12.6. The Bertz CT molecular complexity index is 272. The lowest BCUT2D eigenvalue weighted by molar-refractivity contribution is 0.0880. The average molecular weight is 227 g/mol. The summed E-state index contributed by atoms with van der Waals surface area (Å²) in [5.41, 5.74) is 1.53. The van der Waals surface area contributed by atoms with E-state index in [1.807, 2.05) is 27.8 Å². The molecule has 92 valence electrons. The van der Waals surface area contributed by atoms with Crippen molar-refractivity contribution in [2.24, 2.45) is 0 Å². The maximum absolute atomic E-state index is 13.8. The van der Waals surface area contributed by atoms with Crippen LogP contribution in [0.4, 0.5) is 4.39 Å². The Morgan fingerprint density at radius 1 is 1.50 bits per heavy atom. The van der Waals surface area contributed by atoms with Crippen LogP contribution < -0.4 is 5.32 Å². The maximum Gasteiger partial charge on any atom is 0.128 e. The van der Waals surface area contributed by atoms with E-state index in [2.05, 4.69) is 11.9 Å². The highest BCUT2D eigenvalue weighted by Gasteiger charge is 2.18. The fourth-order valence-corrected chi connectivity index (χ4v) is 1.54. The van der Waals surface area contributed by atoms with E-state index in [0.29, 0.717) is 18.7 Å². The number of hydrogen-bond donors (Lipinski definition) is 1. The molecule has 0 aromatic rings. The van der Waals surface area contributed by atoms with E-state index in [9.17, 15) is 4.39 Å². The topological polar surface area (TPSA) is 21.3 Å². The molecule has 0 spiro atoms. The predicted octanol–water partition coefficient (Wildman–Crippen LogP) is 2.99. The number of rotatable bonds is 7. The number of nitrogens with one attached hydrogen (secondary N) is 1. The molecule has 0 aromatic heterocycles. The van der Waals surface area contributed by atoms with Gasteiger partial charge in [0.25, 0.3) is 0 Å². The zero-order valence-electron chi connectivity index (χ0n) is 10.6. The molecular formula is C13H22FNO. The van der Waals surface area contributed by atoms with E-state index in [4.69, 9.17) is 4.74 Å². The largest absolute Gasteiger partial charge is 0.372 e. The Morgan fingerprint density at radius 2 is 2.12 bits per heavy atom. The lowest BCUT2D eigenvalue weighted by atomic mass is 10.0. The third-order valence-electron chi connectivity index (χ3n) is 2.14. The van der Waals surface area contributed by atoms with Crippen molar-refractivity contribution in [1.82, 2.24) is 5.32 Å². The molecule has 0 amide bonds. The van der Waals surface area contributed by atoms with Gasteiger partial charge >= 0.3 is 0 Å². The summed E-state index contributed by atoms with van der Waals surface area (Å²) in [5, 5.41) is 3.01. The van der Waals surface area contributed by atoms with Gasteiger partial charge in [-0.1, -0.05) is 18.2 Å². The lowest BCUT2D eigenvalue weighted by Crippen LogP contribution is -2.29. The first kappa shape index (κ1) is 15.1. The predicted molar refractivity (Wildman–Crippen MR) is 67.1 cm³/mol. The molecule has 16 heavy (non-hydrogen) atoms. The van der Waals surface area contributed by atoms with Crippen LogP contribution in [0.3, 0.4) is 0 Å². The highest BCUT2D eigenvalue weighted by molar-refractivity contribution is 5.35. The second kappa shape index (κ2) is 8.25. The fraction of sp³-hybridized carbons (Fsp3) is 0.538. The number of allylic oxidation sites excluding steroid dienone is 3. The van der Waals surface area contributed by atoms with Crippen LogP contribution in [0.5, 0.6) is 0 Å². The van der Waals surface area contributed by atoms with E-state index in [0.717, 1.165) is 5.57 Å². The molecule has 1 N–H and O–H groups in total. The first-order valence-electron chi connectivity index (χ1n) is 5.50. The highest BCUT2D eigenvalue weighted by atomic mass is 19.1. The lowest BCUT2D eigenvalue weighted by Gasteiger charge is -2.20. The van der Waals surface area contributed by atoms with Crippen LogP contribution in [0.2, 0.25) is 0 Å². The molecule has 2 nitrogen and oxygen atoms in total. The zero-order valence-corrected chi connectivity index (χ0v) is 10.6. The van der Waals surface area contributed by atoms with Crippen LogP contribution in [0.25, 0.3) is 0 Å². The summed E-state index contributed by atoms with van der Waals surface area (Å²) >= 11 is 0. The van der Waals surface area contributed by atoms with Crippen molar-refractivity contribution in [1.29, 1.82) is 0 Å². The molecule has 0 aromatic carbocycles. The molecule has 0 fully saturated rings. The quantitative estimate of drug-likeness (QED) is 0.675. The van der Waals surface area contributed by atoms with Crippen LogP contribution in [-0.2, 0) is 4.74 Å². The van der Waals surface area contributed by atoms with E-state index in [-0.39, 0.29) is 11.9 Å². The maximum atomic E-state index is 13.8. The van der Waals surface area contributed by atoms with E-state index in [1.165, 1.54) is 12.2 Å². The van der Waals surface area contributed by atoms with Crippen molar-refractivity contribution in [3.05, 3.63) is 35.7 Å². The Morgan fingerprint density at radius 3 is 2.50 bits per heavy atom. The van der Waals surface area contributed by atoms with Gasteiger partial charge in [-0.25, -0.2) is 4.39 Å². The van der Waals surface area contributed by atoms with Gasteiger partial charge in [-0.3, -0.25) is 0 Å². The number of halogens is 1. The van der Waals surface area contributed by atoms with Gasteiger partial charge in [0.05, 0.1) is 6.10 Å². The van der Waals surface area contributed by atoms with Gasteiger partial charge < -0.3 is 10.1 Å². The summed E-state index contributed by atoms with van der Waals surface area (Å²) in [6.07, 6.45) is 2.56. The van der Waals surface area contributed by atoms with Crippen molar-refractivity contribution in [3.8, 4) is 0 Å². The molecule has 1 atom stereocenters. The van der Waals surface area contributed by atoms with Gasteiger partial charge in [0.2, 0.25) is 0 Å². The summed E-state index contributed by atoms with van der Waals surface area (Å²) in [4.78, 5) is 0. The van der Waals surface area contributed by atoms with E-state index >= 15 is 0 Å². The standard InChI is InChI=1S/C13H22FNO/c1-6-8-11(14)13(10(3)4)12(9-15-5)16-7-2/h6,8,12,15H,1,7,9H2,2-5H3/b11-8+. The van der Waals surface area contributed by atoms with Crippen molar-refractivity contribution < 1.29 is 9.13 Å². The summed E-state index contributed by atoms with van der Waals surface area (Å²) < 4.78 is 19.4. The molecule has 0 aliphatic heterocycles. The Balaban J connectivity index is 5.08. The first-order chi connectivity index (χ1) is 7.58. The van der Waals surface area contributed by atoms with Crippen LogP contribution in [0.15, 0.2) is 35.7 Å². The summed E-state index contributed by atoms with van der Waals surface area (Å²) in [5.74, 6) is -0.274. The molecule has 0 radical (unpaired) electrons. The minimum absolute atomic E-state index is 0.254. The van der Waals surface area contributed by atoms with Gasteiger partial charge in [-0.15, -0.1) is 0 Å². The van der Waals surface area contributed by atoms with Crippen LogP contribution in [0.1, 0.15) is 20.8 Å². The SMILES string of the molecule is C=C/C=C(/F)C(=C(C)C)C(CNC)OCC. The normalized spacial score (nSPS) is 13.4. The summed E-state index contributed by atoms with van der Waals surface area (Å²) in [7, 11) is 1.82. The molecule has 0 aliphatic carbocycles. The Hall–Kier alpha value is -0.930. The second-order valence-electron chi connectivity index (χ2n) is 3.67. The van der Waals surface area contributed by atoms with Gasteiger partial charge in [-0.05, 0) is 33.9 Å². The van der Waals surface area contributed by atoms with Crippen LogP contribution in [-0.4, -0.2) is 26.3 Å². The first-order valence-corrected chi connectivity index (χ1v) is 5.50. The summed E-state index contributed by atoms with van der Waals surface area (Å²) in [6, 6.07) is 0. The van der Waals surface area contributed by atoms with Gasteiger partial charge in [0.1, 0.15) is 5.83 Å². The molecule has 0 rings (SSSR count). The van der Waals surface area contributed by atoms with Crippen LogP contribution in [0, 0.1) is 0 Å². The van der Waals surface area contributed by atoms with Crippen molar-refractivity contribution >= 4 is 0 Å². The Labute approximate surface area is 97.9 Å². The minimum Gasteiger partial charge on any atom is -0.372 e. The fourth-order valence-electron chi connectivity index (χ4n) is 1.54. The monoisotopic (exact) mass is 227 g/mol. The highest BCUT2D eigenvalue weighted by Crippen LogP contribution is 2.22. The van der Waals surface area contributed by atoms with Gasteiger partial charge in [0.15, 0.2) is 0 Å². The van der Waals surface area contributed by atoms with Crippen molar-refractivity contribution in [2.75, 3.05) is 20.2 Å². The molecule has 0 aliphatic rings. The summed E-state index contributed by atoms with van der Waals surface area (Å²) in [6.45, 7) is 10.3. The third kappa shape index (κ3) is 4.73. The van der Waals surface area contributed by atoms with Gasteiger partial charge in [0, 0.05) is 18.7 Å². The number of ether oxygens (including phenoxy) is 1. The number of likely N-dealkylation sites (N-methyl/N-ethyl adjacent to an activating group) is 1. The number of hydrogen-bond acceptors (Lipinski definition) is 2. The van der Waals surface area contributed by atoms with E-state index in [1.54, 1.807) is 0 Å². The van der Waals surface area contributed by atoms with Crippen molar-refractivity contribution in [2.45, 2.75) is 26.9 Å². The molecule has 1 unspecified atom stereocenters. The molecule has 0 bridgehead atoms. The van der Waals surface area contributed by atoms with Crippen LogP contribution >= 0.6 is 0 Å². The molecular weight excluding hydrogens is 205 g/mol. The molecule has 0 saturated heterocycles. The second-order valence-corrected chi connectivity index (χ2v) is 3.67. The van der Waals surface area contributed by atoms with E-state index < -0.39 is 0 Å². The molecule has 3 heteroatoms. The molecule has 0 heterocycles. The minimum atomic E-state index is -0.274. The smallest absolute Gasteiger partial charge is 0.128 e. The molecule has 0 saturated carbocycles. The van der Waals surface area contributed by atoms with Crippen molar-refractivity contribution in [3.63, 3.8) is 0 Å². The van der Waals surface area contributed by atoms with Gasteiger partial charge in [-0.2, -0.15) is 0 Å². The third-order valence-corrected chi connectivity index (χ3v) is 2.14. The Kier molecular flexibility index (Phi) is 7.77. The average Bonchev–Trinajstić information content (AvgIpc) is 2.18.